The Morgan fingerprint density at radius 1 is 1.23 bits per heavy atom. The van der Waals surface area contributed by atoms with E-state index in [-0.39, 0.29) is 0 Å². The van der Waals surface area contributed by atoms with Gasteiger partial charge in [0.1, 0.15) is 5.69 Å². The number of nitrogens with one attached hydrogen (secondary N) is 1. The molecule has 6 nitrogen and oxygen atoms in total. The molecule has 0 bridgehead atoms. The Morgan fingerprint density at radius 2 is 2.12 bits per heavy atom. The van der Waals surface area contributed by atoms with Crippen molar-refractivity contribution in [3.05, 3.63) is 40.3 Å². The van der Waals surface area contributed by atoms with Crippen LogP contribution < -0.4 is 5.32 Å². The van der Waals surface area contributed by atoms with Crippen LogP contribution in [0.1, 0.15) is 11.3 Å². The summed E-state index contributed by atoms with van der Waals surface area (Å²) in [5.41, 5.74) is 3.32. The van der Waals surface area contributed by atoms with Crippen LogP contribution in [-0.4, -0.2) is 52.5 Å². The highest BCUT2D eigenvalue weighted by molar-refractivity contribution is 7.19. The minimum absolute atomic E-state index is 0.809. The van der Waals surface area contributed by atoms with Gasteiger partial charge in [0, 0.05) is 32.4 Å². The molecule has 0 atom stereocenters. The molecular formula is C18H23N5OS2. The van der Waals surface area contributed by atoms with Gasteiger partial charge in [0.15, 0.2) is 5.13 Å². The summed E-state index contributed by atoms with van der Waals surface area (Å²) >= 11 is 3.39. The van der Waals surface area contributed by atoms with Gasteiger partial charge in [-0.05, 0) is 35.4 Å². The number of hydrogen-bond donors (Lipinski definition) is 1. The van der Waals surface area contributed by atoms with E-state index in [2.05, 4.69) is 44.3 Å². The van der Waals surface area contributed by atoms with Crippen molar-refractivity contribution < 1.29 is 4.74 Å². The van der Waals surface area contributed by atoms with Gasteiger partial charge >= 0.3 is 0 Å². The topological polar surface area (TPSA) is 55.2 Å². The average Bonchev–Trinajstić information content (AvgIpc) is 3.40. The maximum atomic E-state index is 5.40. The second-order valence-corrected chi connectivity index (χ2v) is 8.12. The number of aromatic nitrogens is 3. The van der Waals surface area contributed by atoms with E-state index in [4.69, 9.17) is 9.84 Å². The van der Waals surface area contributed by atoms with Crippen molar-refractivity contribution in [1.82, 2.24) is 19.7 Å². The van der Waals surface area contributed by atoms with Gasteiger partial charge < -0.3 is 10.1 Å². The molecule has 4 rings (SSSR count). The summed E-state index contributed by atoms with van der Waals surface area (Å²) in [6.45, 7) is 8.48. The molecule has 138 valence electrons. The van der Waals surface area contributed by atoms with Crippen LogP contribution in [-0.2, 0) is 17.8 Å². The molecular weight excluding hydrogens is 366 g/mol. The molecule has 1 aliphatic rings. The summed E-state index contributed by atoms with van der Waals surface area (Å²) < 4.78 is 7.43. The number of thiazole rings is 1. The summed E-state index contributed by atoms with van der Waals surface area (Å²) in [7, 11) is 0. The lowest BCUT2D eigenvalue weighted by molar-refractivity contribution is 0.0360. The summed E-state index contributed by atoms with van der Waals surface area (Å²) in [6, 6.07) is 4.22. The van der Waals surface area contributed by atoms with Crippen molar-refractivity contribution >= 4 is 27.8 Å². The second-order valence-electron chi connectivity index (χ2n) is 6.34. The number of rotatable bonds is 7. The molecule has 8 heteroatoms. The van der Waals surface area contributed by atoms with Crippen molar-refractivity contribution in [3.8, 4) is 10.6 Å². The first-order valence-corrected chi connectivity index (χ1v) is 10.6. The van der Waals surface area contributed by atoms with Crippen LogP contribution in [0.4, 0.5) is 5.13 Å². The first-order chi connectivity index (χ1) is 12.8. The van der Waals surface area contributed by atoms with E-state index in [1.165, 1.54) is 5.56 Å². The molecule has 1 N–H and O–H groups in total. The zero-order valence-corrected chi connectivity index (χ0v) is 16.5. The van der Waals surface area contributed by atoms with Crippen LogP contribution in [0.5, 0.6) is 0 Å². The molecule has 0 saturated carbocycles. The van der Waals surface area contributed by atoms with Crippen molar-refractivity contribution in [1.29, 1.82) is 0 Å². The lowest BCUT2D eigenvalue weighted by atomic mass is 10.3. The van der Waals surface area contributed by atoms with Crippen LogP contribution in [0.15, 0.2) is 29.1 Å². The van der Waals surface area contributed by atoms with Gasteiger partial charge in [-0.2, -0.15) is 16.4 Å². The smallest absolute Gasteiger partial charge is 0.183 e. The number of aryl methyl sites for hydroxylation is 1. The lowest BCUT2D eigenvalue weighted by Gasteiger charge is -2.26. The highest BCUT2D eigenvalue weighted by Crippen LogP contribution is 2.31. The fraction of sp³-hybridized carbons (Fsp3) is 0.444. The monoisotopic (exact) mass is 389 g/mol. The molecule has 26 heavy (non-hydrogen) atoms. The Labute approximate surface area is 161 Å². The minimum Gasteiger partial charge on any atom is -0.379 e. The van der Waals surface area contributed by atoms with E-state index >= 15 is 0 Å². The molecule has 0 radical (unpaired) electrons. The van der Waals surface area contributed by atoms with Crippen LogP contribution in [0.2, 0.25) is 0 Å². The van der Waals surface area contributed by atoms with E-state index in [9.17, 15) is 0 Å². The number of nitrogens with zero attached hydrogens (tertiary/aromatic N) is 4. The van der Waals surface area contributed by atoms with E-state index in [0.717, 1.165) is 67.3 Å². The predicted molar refractivity (Wildman–Crippen MR) is 107 cm³/mol. The van der Waals surface area contributed by atoms with Gasteiger partial charge in [0.2, 0.25) is 0 Å². The molecule has 0 spiro atoms. The Morgan fingerprint density at radius 3 is 2.92 bits per heavy atom. The highest BCUT2D eigenvalue weighted by Gasteiger charge is 2.14. The van der Waals surface area contributed by atoms with Crippen molar-refractivity contribution in [3.63, 3.8) is 0 Å². The average molecular weight is 390 g/mol. The maximum Gasteiger partial charge on any atom is 0.183 e. The van der Waals surface area contributed by atoms with Gasteiger partial charge in [-0.15, -0.1) is 0 Å². The fourth-order valence-electron chi connectivity index (χ4n) is 2.96. The summed E-state index contributed by atoms with van der Waals surface area (Å²) in [4.78, 5) is 8.22. The van der Waals surface area contributed by atoms with E-state index in [0.29, 0.717) is 0 Å². The number of morpholine rings is 1. The van der Waals surface area contributed by atoms with Gasteiger partial charge in [0.25, 0.3) is 0 Å². The van der Waals surface area contributed by atoms with E-state index < -0.39 is 0 Å². The van der Waals surface area contributed by atoms with E-state index in [1.54, 1.807) is 22.7 Å². The maximum absolute atomic E-state index is 5.40. The molecule has 1 aliphatic heterocycles. The third-order valence-corrected chi connectivity index (χ3v) is 6.31. The molecule has 1 fully saturated rings. The lowest BCUT2D eigenvalue weighted by Crippen LogP contribution is -2.38. The van der Waals surface area contributed by atoms with Gasteiger partial charge in [-0.3, -0.25) is 9.58 Å². The zero-order valence-electron chi connectivity index (χ0n) is 14.9. The summed E-state index contributed by atoms with van der Waals surface area (Å²) in [5.74, 6) is 0. The molecule has 0 aliphatic carbocycles. The molecule has 1 saturated heterocycles. The summed E-state index contributed by atoms with van der Waals surface area (Å²) in [6.07, 6.45) is 2.06. The fourth-order valence-corrected chi connectivity index (χ4v) is 4.55. The molecule has 0 unspecified atom stereocenters. The number of anilines is 1. The highest BCUT2D eigenvalue weighted by atomic mass is 32.1. The Kier molecular flexibility index (Phi) is 5.64. The second kappa shape index (κ2) is 8.30. The van der Waals surface area contributed by atoms with E-state index in [1.807, 2.05) is 11.6 Å². The van der Waals surface area contributed by atoms with Crippen LogP contribution in [0.25, 0.3) is 10.6 Å². The SMILES string of the molecule is Cc1nc(NCc2ccsc2)sc1-c1ccn(CCN2CCOCC2)n1. The van der Waals surface area contributed by atoms with Gasteiger partial charge in [-0.1, -0.05) is 11.3 Å². The number of thiophene rings is 1. The largest absolute Gasteiger partial charge is 0.379 e. The molecule has 0 amide bonds. The van der Waals surface area contributed by atoms with Crippen molar-refractivity contribution in [2.75, 3.05) is 38.2 Å². The van der Waals surface area contributed by atoms with Crippen LogP contribution in [0.3, 0.4) is 0 Å². The number of hydrogen-bond acceptors (Lipinski definition) is 7. The Balaban J connectivity index is 1.37. The first kappa shape index (κ1) is 17.7. The van der Waals surface area contributed by atoms with Crippen molar-refractivity contribution in [2.24, 2.45) is 0 Å². The molecule has 3 aromatic rings. The zero-order chi connectivity index (χ0) is 17.8. The van der Waals surface area contributed by atoms with Gasteiger partial charge in [-0.25, -0.2) is 4.98 Å². The standard InChI is InChI=1S/C18H23N5OS2/c1-14-17(26-18(20-14)19-12-15-3-11-25-13-15)16-2-4-23(21-16)6-5-22-7-9-24-10-8-22/h2-4,11,13H,5-10,12H2,1H3,(H,19,20). The minimum atomic E-state index is 0.809. The first-order valence-electron chi connectivity index (χ1n) is 8.84. The molecule has 0 aromatic carbocycles. The molecule has 4 heterocycles. The number of ether oxygens (including phenoxy) is 1. The van der Waals surface area contributed by atoms with Gasteiger partial charge in [0.05, 0.1) is 30.3 Å². The Hall–Kier alpha value is -1.74. The normalized spacial score (nSPS) is 15.4. The summed E-state index contributed by atoms with van der Waals surface area (Å²) in [5, 5.41) is 13.4. The quantitative estimate of drug-likeness (QED) is 0.672. The van der Waals surface area contributed by atoms with Crippen LogP contribution >= 0.6 is 22.7 Å². The Bertz CT molecular complexity index is 821. The predicted octanol–water partition coefficient (Wildman–Crippen LogP) is 3.32. The van der Waals surface area contributed by atoms with Crippen molar-refractivity contribution in [2.45, 2.75) is 20.0 Å². The third kappa shape index (κ3) is 4.32. The van der Waals surface area contributed by atoms with Crippen LogP contribution in [0, 0.1) is 6.92 Å². The third-order valence-electron chi connectivity index (χ3n) is 4.44. The molecule has 3 aromatic heterocycles.